The fraction of sp³-hybridized carbons (Fsp3) is 0. The van der Waals surface area contributed by atoms with Crippen molar-refractivity contribution in [3.05, 3.63) is 89.4 Å². The summed E-state index contributed by atoms with van der Waals surface area (Å²) in [5.41, 5.74) is 1.45. The quantitative estimate of drug-likeness (QED) is 0.617. The molecule has 1 N–H and O–H groups in total. The monoisotopic (exact) mass is 343 g/mol. The van der Waals surface area contributed by atoms with Crippen LogP contribution in [-0.4, -0.2) is 25.4 Å². The van der Waals surface area contributed by atoms with Crippen molar-refractivity contribution in [1.29, 1.82) is 0 Å². The molecule has 26 heavy (non-hydrogen) atoms. The molecule has 4 aromatic rings. The highest BCUT2D eigenvalue weighted by Gasteiger charge is 2.17. The minimum Gasteiger partial charge on any atom is -0.322 e. The van der Waals surface area contributed by atoms with Crippen LogP contribution >= 0.6 is 0 Å². The first-order valence-corrected chi connectivity index (χ1v) is 7.86. The lowest BCUT2D eigenvalue weighted by Gasteiger charge is -2.12. The Kier molecular flexibility index (Phi) is 3.95. The number of fused-ring (bicyclic) bond motifs is 1. The number of hydrogen-bond donors (Lipinski definition) is 1. The minimum absolute atomic E-state index is 0.0270. The first-order valence-electron chi connectivity index (χ1n) is 7.86. The molecule has 0 bridgehead atoms. The molecule has 1 amide bonds. The van der Waals surface area contributed by atoms with Crippen molar-refractivity contribution < 1.29 is 4.79 Å². The maximum absolute atomic E-state index is 12.8. The number of anilines is 1. The van der Waals surface area contributed by atoms with Gasteiger partial charge in [0.1, 0.15) is 11.2 Å². The van der Waals surface area contributed by atoms with E-state index in [9.17, 15) is 9.59 Å². The molecule has 0 unspecified atom stereocenters. The average molecular weight is 343 g/mol. The first kappa shape index (κ1) is 15.6. The van der Waals surface area contributed by atoms with Gasteiger partial charge in [0.2, 0.25) is 5.43 Å². The van der Waals surface area contributed by atoms with Crippen molar-refractivity contribution in [3.63, 3.8) is 0 Å². The van der Waals surface area contributed by atoms with E-state index in [0.29, 0.717) is 16.7 Å². The summed E-state index contributed by atoms with van der Waals surface area (Å²) in [5, 5.41) is 3.08. The molecular formula is C19H13N5O2. The molecule has 4 heterocycles. The number of nitrogens with zero attached hydrogens (tertiary/aromatic N) is 4. The van der Waals surface area contributed by atoms with Gasteiger partial charge in [-0.1, -0.05) is 0 Å². The summed E-state index contributed by atoms with van der Waals surface area (Å²) >= 11 is 0. The lowest BCUT2D eigenvalue weighted by atomic mass is 10.1. The van der Waals surface area contributed by atoms with Crippen LogP contribution in [0.3, 0.4) is 0 Å². The van der Waals surface area contributed by atoms with E-state index in [1.54, 1.807) is 71.9 Å². The van der Waals surface area contributed by atoms with Crippen LogP contribution in [0.5, 0.6) is 0 Å². The van der Waals surface area contributed by atoms with Crippen LogP contribution in [0, 0.1) is 0 Å². The standard InChI is InChI=1S/C19H13N5O2/c25-17-15-2-1-7-22-18(15)24(14-5-10-21-11-6-14)12-16(17)19(26)23-13-3-8-20-9-4-13/h1-12H,(H,20,23,26). The summed E-state index contributed by atoms with van der Waals surface area (Å²) in [6.45, 7) is 0. The predicted molar refractivity (Wildman–Crippen MR) is 97.3 cm³/mol. The zero-order valence-electron chi connectivity index (χ0n) is 13.5. The van der Waals surface area contributed by atoms with Crippen LogP contribution < -0.4 is 10.7 Å². The third kappa shape index (κ3) is 2.82. The third-order valence-corrected chi connectivity index (χ3v) is 3.89. The molecule has 4 aromatic heterocycles. The largest absolute Gasteiger partial charge is 0.322 e. The molecule has 4 rings (SSSR count). The normalized spacial score (nSPS) is 10.6. The van der Waals surface area contributed by atoms with Crippen molar-refractivity contribution in [3.8, 4) is 5.69 Å². The van der Waals surface area contributed by atoms with Crippen LogP contribution in [0.4, 0.5) is 5.69 Å². The number of nitrogens with one attached hydrogen (secondary N) is 1. The van der Waals surface area contributed by atoms with Gasteiger partial charge in [-0.25, -0.2) is 4.98 Å². The Bertz CT molecular complexity index is 1140. The van der Waals surface area contributed by atoms with Crippen LogP contribution in [0.2, 0.25) is 0 Å². The number of carbonyl (C=O) groups excluding carboxylic acids is 1. The van der Waals surface area contributed by atoms with E-state index in [4.69, 9.17) is 0 Å². The predicted octanol–water partition coefficient (Wildman–Crippen LogP) is 2.43. The maximum Gasteiger partial charge on any atom is 0.261 e. The van der Waals surface area contributed by atoms with Gasteiger partial charge < -0.3 is 9.88 Å². The van der Waals surface area contributed by atoms with Gasteiger partial charge >= 0.3 is 0 Å². The van der Waals surface area contributed by atoms with Crippen molar-refractivity contribution >= 4 is 22.6 Å². The lowest BCUT2D eigenvalue weighted by molar-refractivity contribution is 0.102. The summed E-state index contributed by atoms with van der Waals surface area (Å²) in [4.78, 5) is 37.7. The Morgan fingerprint density at radius 2 is 1.62 bits per heavy atom. The summed E-state index contributed by atoms with van der Waals surface area (Å²) in [6.07, 6.45) is 9.52. The highest BCUT2D eigenvalue weighted by Crippen LogP contribution is 2.16. The number of aromatic nitrogens is 4. The lowest BCUT2D eigenvalue weighted by Crippen LogP contribution is -2.24. The molecule has 0 radical (unpaired) electrons. The zero-order chi connectivity index (χ0) is 17.9. The number of rotatable bonds is 3. The number of pyridine rings is 4. The molecule has 0 aliphatic rings. The molecule has 0 aliphatic carbocycles. The molecule has 0 atom stereocenters. The Morgan fingerprint density at radius 3 is 2.35 bits per heavy atom. The molecule has 0 saturated carbocycles. The van der Waals surface area contributed by atoms with Gasteiger partial charge in [-0.3, -0.25) is 19.6 Å². The van der Waals surface area contributed by atoms with Gasteiger partial charge in [0.25, 0.3) is 5.91 Å². The summed E-state index contributed by atoms with van der Waals surface area (Å²) in [7, 11) is 0. The Morgan fingerprint density at radius 1 is 0.923 bits per heavy atom. The molecule has 0 aliphatic heterocycles. The topological polar surface area (TPSA) is 89.8 Å². The Labute approximate surface area is 148 Å². The molecule has 0 fully saturated rings. The number of amides is 1. The number of carbonyl (C=O) groups is 1. The van der Waals surface area contributed by atoms with Gasteiger partial charge in [-0.05, 0) is 36.4 Å². The average Bonchev–Trinajstić information content (AvgIpc) is 2.70. The second kappa shape index (κ2) is 6.56. The van der Waals surface area contributed by atoms with Crippen molar-refractivity contribution in [1.82, 2.24) is 19.5 Å². The second-order valence-electron chi connectivity index (χ2n) is 5.51. The van der Waals surface area contributed by atoms with E-state index in [-0.39, 0.29) is 11.0 Å². The van der Waals surface area contributed by atoms with Crippen LogP contribution in [0.25, 0.3) is 16.7 Å². The third-order valence-electron chi connectivity index (χ3n) is 3.89. The first-order chi connectivity index (χ1) is 12.7. The van der Waals surface area contributed by atoms with E-state index in [1.165, 1.54) is 6.20 Å². The maximum atomic E-state index is 12.8. The summed E-state index contributed by atoms with van der Waals surface area (Å²) < 4.78 is 1.71. The smallest absolute Gasteiger partial charge is 0.261 e. The van der Waals surface area contributed by atoms with E-state index < -0.39 is 5.91 Å². The van der Waals surface area contributed by atoms with Crippen molar-refractivity contribution in [2.75, 3.05) is 5.32 Å². The van der Waals surface area contributed by atoms with Gasteiger partial charge in [-0.2, -0.15) is 0 Å². The van der Waals surface area contributed by atoms with Gasteiger partial charge in [0.05, 0.1) is 11.1 Å². The number of hydrogen-bond acceptors (Lipinski definition) is 5. The minimum atomic E-state index is -0.491. The van der Waals surface area contributed by atoms with Crippen LogP contribution in [0.1, 0.15) is 10.4 Å². The molecule has 0 aromatic carbocycles. The van der Waals surface area contributed by atoms with Crippen molar-refractivity contribution in [2.45, 2.75) is 0 Å². The van der Waals surface area contributed by atoms with Crippen molar-refractivity contribution in [2.24, 2.45) is 0 Å². The van der Waals surface area contributed by atoms with Gasteiger partial charge in [0, 0.05) is 42.9 Å². The SMILES string of the molecule is O=C(Nc1ccncc1)c1cn(-c2ccncc2)c2ncccc2c1=O. The molecule has 7 heteroatoms. The highest BCUT2D eigenvalue weighted by molar-refractivity contribution is 6.05. The molecule has 0 saturated heterocycles. The Balaban J connectivity index is 1.89. The van der Waals surface area contributed by atoms with E-state index in [2.05, 4.69) is 20.3 Å². The fourth-order valence-electron chi connectivity index (χ4n) is 2.66. The van der Waals surface area contributed by atoms with Crippen LogP contribution in [0.15, 0.2) is 78.4 Å². The Hall–Kier alpha value is -3.87. The van der Waals surface area contributed by atoms with Gasteiger partial charge in [-0.15, -0.1) is 0 Å². The fourth-order valence-corrected chi connectivity index (χ4v) is 2.66. The van der Waals surface area contributed by atoms with E-state index >= 15 is 0 Å². The second-order valence-corrected chi connectivity index (χ2v) is 5.51. The zero-order valence-corrected chi connectivity index (χ0v) is 13.5. The summed E-state index contributed by atoms with van der Waals surface area (Å²) in [5.74, 6) is -0.491. The molecule has 126 valence electrons. The molecular weight excluding hydrogens is 330 g/mol. The van der Waals surface area contributed by atoms with E-state index in [0.717, 1.165) is 5.69 Å². The molecule has 7 nitrogen and oxygen atoms in total. The van der Waals surface area contributed by atoms with Gasteiger partial charge in [0.15, 0.2) is 0 Å². The van der Waals surface area contributed by atoms with Crippen LogP contribution in [-0.2, 0) is 0 Å². The van der Waals surface area contributed by atoms with E-state index in [1.807, 2.05) is 0 Å². The summed E-state index contributed by atoms with van der Waals surface area (Å²) in [6, 6.07) is 10.2. The highest BCUT2D eigenvalue weighted by atomic mass is 16.2. The molecule has 0 spiro atoms.